The maximum Gasteiger partial charge on any atom is 0.267 e. The number of amides is 2. The first-order chi connectivity index (χ1) is 16.6. The number of hydrogen-bond acceptors (Lipinski definition) is 4. The van der Waals surface area contributed by atoms with Crippen LogP contribution in [-0.2, 0) is 15.0 Å². The fourth-order valence-corrected chi connectivity index (χ4v) is 4.41. The molecule has 0 unspecified atom stereocenters. The largest absolute Gasteiger partial charge is 0.478 e. The van der Waals surface area contributed by atoms with Crippen molar-refractivity contribution in [2.75, 3.05) is 36.4 Å². The molecule has 2 aromatic carbocycles. The van der Waals surface area contributed by atoms with E-state index in [2.05, 4.69) is 31.0 Å². The van der Waals surface area contributed by atoms with Crippen LogP contribution in [0.5, 0.6) is 5.75 Å². The number of anilines is 2. The number of halogens is 1. The molecule has 6 nitrogen and oxygen atoms in total. The molecule has 2 aromatic rings. The average molecular weight is 514 g/mol. The summed E-state index contributed by atoms with van der Waals surface area (Å²) in [5.74, 6) is 0.544. The quantitative estimate of drug-likeness (QED) is 0.522. The summed E-state index contributed by atoms with van der Waals surface area (Å²) >= 11 is 6.61. The van der Waals surface area contributed by atoms with Gasteiger partial charge in [0.25, 0.3) is 5.91 Å². The minimum atomic E-state index is -1.08. The van der Waals surface area contributed by atoms with E-state index in [4.69, 9.17) is 16.3 Å². The van der Waals surface area contributed by atoms with Crippen LogP contribution >= 0.6 is 11.6 Å². The Bertz CT molecular complexity index is 1090. The molecule has 36 heavy (non-hydrogen) atoms. The second kappa shape index (κ2) is 10.3. The Morgan fingerprint density at radius 2 is 1.44 bits per heavy atom. The number of nitrogens with one attached hydrogen (secondary N) is 1. The number of ether oxygens (including phenoxy) is 1. The number of carbonyl (C=O) groups is 2. The van der Waals surface area contributed by atoms with Crippen LogP contribution < -0.4 is 15.0 Å². The average Bonchev–Trinajstić information content (AvgIpc) is 2.78. The number of carbonyl (C=O) groups excluding carboxylic acids is 2. The van der Waals surface area contributed by atoms with E-state index in [0.717, 1.165) is 5.69 Å². The molecule has 1 saturated heterocycles. The molecule has 0 aromatic heterocycles. The highest BCUT2D eigenvalue weighted by Crippen LogP contribution is 2.31. The third-order valence-electron chi connectivity index (χ3n) is 6.39. The Kier molecular flexibility index (Phi) is 7.99. The molecule has 0 aliphatic carbocycles. The summed E-state index contributed by atoms with van der Waals surface area (Å²) in [6, 6.07) is 13.4. The van der Waals surface area contributed by atoms with Gasteiger partial charge in [-0.15, -0.1) is 0 Å². The second-order valence-electron chi connectivity index (χ2n) is 12.0. The first-order valence-electron chi connectivity index (χ1n) is 12.5. The van der Waals surface area contributed by atoms with E-state index in [9.17, 15) is 9.59 Å². The molecule has 3 rings (SSSR count). The van der Waals surface area contributed by atoms with E-state index in [0.29, 0.717) is 42.6 Å². The SMILES string of the molecule is CC(C)(C)C(=O)N1CCN(c2ccc(NC(=O)C(C)(C)Oc3ccc(C(C)(C)C)cc3)cc2Cl)CC1. The molecule has 0 saturated carbocycles. The summed E-state index contributed by atoms with van der Waals surface area (Å²) in [6.45, 7) is 18.5. The van der Waals surface area contributed by atoms with E-state index in [1.165, 1.54) is 5.56 Å². The minimum absolute atomic E-state index is 0.0499. The summed E-state index contributed by atoms with van der Waals surface area (Å²) in [6.07, 6.45) is 0. The van der Waals surface area contributed by atoms with Gasteiger partial charge in [-0.2, -0.15) is 0 Å². The summed E-state index contributed by atoms with van der Waals surface area (Å²) in [4.78, 5) is 29.7. The molecule has 196 valence electrons. The third kappa shape index (κ3) is 6.73. The van der Waals surface area contributed by atoms with Crippen molar-refractivity contribution in [3.8, 4) is 5.75 Å². The van der Waals surface area contributed by atoms with Gasteiger partial charge in [-0.25, -0.2) is 0 Å². The molecule has 1 aliphatic rings. The summed E-state index contributed by atoms with van der Waals surface area (Å²) in [5.41, 5.74) is 1.29. The molecule has 0 atom stereocenters. The van der Waals surface area contributed by atoms with Crippen molar-refractivity contribution in [2.24, 2.45) is 5.41 Å². The van der Waals surface area contributed by atoms with Crippen LogP contribution in [-0.4, -0.2) is 48.5 Å². The van der Waals surface area contributed by atoms with Crippen molar-refractivity contribution >= 4 is 34.8 Å². The lowest BCUT2D eigenvalue weighted by Crippen LogP contribution is -2.51. The van der Waals surface area contributed by atoms with Gasteiger partial charge in [0.1, 0.15) is 5.75 Å². The zero-order valence-corrected chi connectivity index (χ0v) is 23.6. The van der Waals surface area contributed by atoms with Crippen molar-refractivity contribution < 1.29 is 14.3 Å². The highest BCUT2D eigenvalue weighted by molar-refractivity contribution is 6.33. The number of hydrogen-bond donors (Lipinski definition) is 1. The summed E-state index contributed by atoms with van der Waals surface area (Å²) < 4.78 is 6.02. The topological polar surface area (TPSA) is 61.9 Å². The first-order valence-corrected chi connectivity index (χ1v) is 12.9. The lowest BCUT2D eigenvalue weighted by atomic mass is 9.87. The van der Waals surface area contributed by atoms with E-state index >= 15 is 0 Å². The van der Waals surface area contributed by atoms with E-state index < -0.39 is 5.60 Å². The fraction of sp³-hybridized carbons (Fsp3) is 0.517. The van der Waals surface area contributed by atoms with Gasteiger partial charge in [-0.3, -0.25) is 9.59 Å². The van der Waals surface area contributed by atoms with E-state index in [-0.39, 0.29) is 22.6 Å². The van der Waals surface area contributed by atoms with Crippen molar-refractivity contribution in [1.29, 1.82) is 0 Å². The van der Waals surface area contributed by atoms with Crippen molar-refractivity contribution in [3.05, 3.63) is 53.1 Å². The van der Waals surface area contributed by atoms with Crippen LogP contribution in [0.25, 0.3) is 0 Å². The van der Waals surface area contributed by atoms with E-state index in [1.807, 2.05) is 62.1 Å². The van der Waals surface area contributed by atoms with E-state index in [1.54, 1.807) is 19.9 Å². The van der Waals surface area contributed by atoms with Gasteiger partial charge in [0, 0.05) is 37.3 Å². The molecule has 0 bridgehead atoms. The van der Waals surface area contributed by atoms with Crippen molar-refractivity contribution in [1.82, 2.24) is 4.90 Å². The summed E-state index contributed by atoms with van der Waals surface area (Å²) in [7, 11) is 0. The smallest absolute Gasteiger partial charge is 0.267 e. The Morgan fingerprint density at radius 1 is 0.861 bits per heavy atom. The number of benzene rings is 2. The number of rotatable bonds is 5. The molecule has 0 radical (unpaired) electrons. The highest BCUT2D eigenvalue weighted by Gasteiger charge is 2.32. The van der Waals surface area contributed by atoms with Crippen LogP contribution in [0.2, 0.25) is 5.02 Å². The highest BCUT2D eigenvalue weighted by atomic mass is 35.5. The lowest BCUT2D eigenvalue weighted by Gasteiger charge is -2.39. The molecular weight excluding hydrogens is 474 g/mol. The number of nitrogens with zero attached hydrogens (tertiary/aromatic N) is 2. The Labute approximate surface area is 220 Å². The Morgan fingerprint density at radius 3 is 1.94 bits per heavy atom. The predicted octanol–water partition coefficient (Wildman–Crippen LogP) is 6.13. The van der Waals surface area contributed by atoms with Gasteiger partial charge in [-0.05, 0) is 55.2 Å². The molecule has 1 fully saturated rings. The Balaban J connectivity index is 1.61. The first kappa shape index (κ1) is 27.9. The van der Waals surface area contributed by atoms with Crippen LogP contribution in [0.1, 0.15) is 61.0 Å². The van der Waals surface area contributed by atoms with Crippen LogP contribution in [0.3, 0.4) is 0 Å². The van der Waals surface area contributed by atoms with Gasteiger partial charge in [0.05, 0.1) is 10.7 Å². The van der Waals surface area contributed by atoms with Crippen molar-refractivity contribution in [2.45, 2.75) is 66.4 Å². The van der Waals surface area contributed by atoms with Gasteiger partial charge in [-0.1, -0.05) is 65.3 Å². The van der Waals surface area contributed by atoms with Crippen molar-refractivity contribution in [3.63, 3.8) is 0 Å². The number of piperazine rings is 1. The second-order valence-corrected chi connectivity index (χ2v) is 12.4. The molecule has 1 N–H and O–H groups in total. The van der Waals surface area contributed by atoms with Crippen LogP contribution in [0, 0.1) is 5.41 Å². The third-order valence-corrected chi connectivity index (χ3v) is 6.70. The maximum atomic E-state index is 13.0. The predicted molar refractivity (Wildman–Crippen MR) is 148 cm³/mol. The molecule has 0 spiro atoms. The maximum absolute atomic E-state index is 13.0. The fourth-order valence-electron chi connectivity index (χ4n) is 4.11. The molecule has 1 heterocycles. The van der Waals surface area contributed by atoms with Crippen LogP contribution in [0.4, 0.5) is 11.4 Å². The monoisotopic (exact) mass is 513 g/mol. The Hall–Kier alpha value is -2.73. The van der Waals surface area contributed by atoms with Gasteiger partial charge < -0.3 is 19.9 Å². The molecule has 1 aliphatic heterocycles. The molecular formula is C29H40ClN3O3. The zero-order valence-electron chi connectivity index (χ0n) is 22.9. The summed E-state index contributed by atoms with van der Waals surface area (Å²) in [5, 5.41) is 3.48. The van der Waals surface area contributed by atoms with Gasteiger partial charge >= 0.3 is 0 Å². The minimum Gasteiger partial charge on any atom is -0.478 e. The van der Waals surface area contributed by atoms with Gasteiger partial charge in [0.2, 0.25) is 5.91 Å². The molecule has 2 amide bonds. The zero-order chi connectivity index (χ0) is 26.9. The molecule has 7 heteroatoms. The normalized spacial score (nSPS) is 15.0. The lowest BCUT2D eigenvalue weighted by molar-refractivity contribution is -0.139. The van der Waals surface area contributed by atoms with Gasteiger partial charge in [0.15, 0.2) is 5.60 Å². The van der Waals surface area contributed by atoms with Crippen LogP contribution in [0.15, 0.2) is 42.5 Å². The standard InChI is InChI=1S/C29H40ClN3O3/c1-27(2,3)20-9-12-22(13-10-20)36-29(7,8)25(34)31-21-11-14-24(23(30)19-21)32-15-17-33(18-16-32)26(35)28(4,5)6/h9-14,19H,15-18H2,1-8H3,(H,31,34).